The first-order valence-corrected chi connectivity index (χ1v) is 15.4. The average molecular weight is 658 g/mol. The van der Waals surface area contributed by atoms with E-state index in [1.165, 1.54) is 18.4 Å². The van der Waals surface area contributed by atoms with Crippen LogP contribution in [0.1, 0.15) is 43.0 Å². The molecule has 3 aromatic carbocycles. The Kier molecular flexibility index (Phi) is 9.62. The molecule has 0 radical (unpaired) electrons. The lowest BCUT2D eigenvalue weighted by atomic mass is 9.95. The van der Waals surface area contributed by atoms with E-state index in [1.54, 1.807) is 41.0 Å². The lowest BCUT2D eigenvalue weighted by Crippen LogP contribution is -2.40. The summed E-state index contributed by atoms with van der Waals surface area (Å²) in [5.74, 6) is 0.252. The van der Waals surface area contributed by atoms with Crippen LogP contribution in [0.15, 0.2) is 81.7 Å². The third-order valence-electron chi connectivity index (χ3n) is 6.78. The van der Waals surface area contributed by atoms with Gasteiger partial charge in [-0.3, -0.25) is 9.36 Å². The van der Waals surface area contributed by atoms with E-state index in [-0.39, 0.29) is 12.2 Å². The Morgan fingerprint density at radius 3 is 2.47 bits per heavy atom. The van der Waals surface area contributed by atoms with Crippen molar-refractivity contribution in [2.24, 2.45) is 4.99 Å². The molecule has 1 aromatic heterocycles. The van der Waals surface area contributed by atoms with Gasteiger partial charge in [-0.25, -0.2) is 9.79 Å². The Hall–Kier alpha value is -3.56. The fourth-order valence-electron chi connectivity index (χ4n) is 4.83. The third-order valence-corrected chi connectivity index (χ3v) is 8.63. The monoisotopic (exact) mass is 656 g/mol. The maximum Gasteiger partial charge on any atom is 0.338 e. The summed E-state index contributed by atoms with van der Waals surface area (Å²) in [5, 5.41) is 1.31. The fourth-order valence-corrected chi connectivity index (χ4v) is 6.59. The quantitative estimate of drug-likeness (QED) is 0.187. The molecule has 1 aliphatic heterocycles. The lowest BCUT2D eigenvalue weighted by Gasteiger charge is -2.25. The molecule has 0 bridgehead atoms. The Labute approximate surface area is 267 Å². The van der Waals surface area contributed by atoms with Crippen LogP contribution in [0.4, 0.5) is 0 Å². The van der Waals surface area contributed by atoms with Crippen molar-refractivity contribution in [3.05, 3.63) is 123 Å². The number of aromatic nitrogens is 1. The largest absolute Gasteiger partial charge is 0.490 e. The number of esters is 1. The molecule has 43 heavy (non-hydrogen) atoms. The van der Waals surface area contributed by atoms with E-state index in [0.717, 1.165) is 11.1 Å². The molecular formula is C32H27Cl3N2O5S. The fraction of sp³-hybridized carbons (Fsp3) is 0.219. The van der Waals surface area contributed by atoms with Gasteiger partial charge in [-0.05, 0) is 54.8 Å². The van der Waals surface area contributed by atoms with Crippen molar-refractivity contribution in [3.8, 4) is 11.5 Å². The number of thiazole rings is 1. The zero-order chi connectivity index (χ0) is 30.7. The van der Waals surface area contributed by atoms with Crippen LogP contribution in [0.2, 0.25) is 15.1 Å². The van der Waals surface area contributed by atoms with Gasteiger partial charge in [0.25, 0.3) is 5.56 Å². The van der Waals surface area contributed by atoms with Crippen molar-refractivity contribution in [1.82, 2.24) is 4.57 Å². The summed E-state index contributed by atoms with van der Waals surface area (Å²) in [5.41, 5.74) is 2.79. The number of benzene rings is 3. The zero-order valence-corrected chi connectivity index (χ0v) is 26.6. The predicted molar refractivity (Wildman–Crippen MR) is 170 cm³/mol. The normalized spacial score (nSPS) is 14.7. The van der Waals surface area contributed by atoms with Gasteiger partial charge in [0.05, 0.1) is 40.6 Å². The first-order valence-electron chi connectivity index (χ1n) is 13.5. The minimum absolute atomic E-state index is 0.148. The number of allylic oxidation sites excluding steroid dienone is 1. The molecule has 0 spiro atoms. The van der Waals surface area contributed by atoms with E-state index in [0.29, 0.717) is 65.8 Å². The highest BCUT2D eigenvalue weighted by molar-refractivity contribution is 7.07. The zero-order valence-electron chi connectivity index (χ0n) is 23.5. The van der Waals surface area contributed by atoms with E-state index in [1.807, 2.05) is 44.2 Å². The van der Waals surface area contributed by atoms with Gasteiger partial charge in [0.2, 0.25) is 0 Å². The summed E-state index contributed by atoms with van der Waals surface area (Å²) in [4.78, 5) is 32.1. The second-order valence-corrected chi connectivity index (χ2v) is 11.7. The molecule has 1 atom stereocenters. The molecule has 2 heterocycles. The molecule has 0 aliphatic carbocycles. The Morgan fingerprint density at radius 1 is 1.02 bits per heavy atom. The maximum absolute atomic E-state index is 13.9. The molecule has 1 aliphatic rings. The standard InChI is InChI=1S/C32H27Cl3N2O5S/c1-4-24-27(31(39)40-3)28(19-9-7-6-8-10-19)37-30(38)26(43-32(37)36-24)15-18-13-23(35)29(25(14-18)41-5-2)42-17-20-11-12-21(33)16-22(20)34/h6-16,28H,4-5,17H2,1-3H3/b26-15-/t28-/m0/s1. The number of hydrogen-bond donors (Lipinski definition) is 0. The first-order chi connectivity index (χ1) is 20.7. The molecule has 7 nitrogen and oxygen atoms in total. The van der Waals surface area contributed by atoms with Crippen molar-refractivity contribution in [3.63, 3.8) is 0 Å². The van der Waals surface area contributed by atoms with Crippen LogP contribution in [-0.2, 0) is 16.1 Å². The molecule has 0 fully saturated rings. The Bertz CT molecular complexity index is 1900. The molecule has 0 amide bonds. The van der Waals surface area contributed by atoms with E-state index in [9.17, 15) is 9.59 Å². The molecule has 0 unspecified atom stereocenters. The molecule has 4 aromatic rings. The van der Waals surface area contributed by atoms with Crippen molar-refractivity contribution in [1.29, 1.82) is 0 Å². The number of methoxy groups -OCH3 is 1. The molecule has 0 saturated heterocycles. The molecule has 222 valence electrons. The van der Waals surface area contributed by atoms with Gasteiger partial charge in [-0.1, -0.05) is 89.5 Å². The van der Waals surface area contributed by atoms with E-state index in [2.05, 4.69) is 0 Å². The van der Waals surface area contributed by atoms with Gasteiger partial charge in [0.1, 0.15) is 6.61 Å². The summed E-state index contributed by atoms with van der Waals surface area (Å²) in [6, 6.07) is 17.3. The molecule has 0 saturated carbocycles. The second kappa shape index (κ2) is 13.4. The summed E-state index contributed by atoms with van der Waals surface area (Å²) in [6.45, 7) is 4.29. The summed E-state index contributed by atoms with van der Waals surface area (Å²) in [6.07, 6.45) is 2.22. The Morgan fingerprint density at radius 2 is 1.79 bits per heavy atom. The first kappa shape index (κ1) is 30.9. The topological polar surface area (TPSA) is 79.1 Å². The van der Waals surface area contributed by atoms with Gasteiger partial charge in [-0.15, -0.1) is 0 Å². The van der Waals surface area contributed by atoms with Crippen molar-refractivity contribution in [2.45, 2.75) is 32.9 Å². The van der Waals surface area contributed by atoms with E-state index in [4.69, 9.17) is 54.0 Å². The van der Waals surface area contributed by atoms with Gasteiger partial charge >= 0.3 is 5.97 Å². The number of rotatable bonds is 9. The van der Waals surface area contributed by atoms with Crippen LogP contribution in [0, 0.1) is 0 Å². The molecule has 5 rings (SSSR count). The van der Waals surface area contributed by atoms with Crippen LogP contribution in [0.3, 0.4) is 0 Å². The number of carbonyl (C=O) groups excluding carboxylic acids is 1. The van der Waals surface area contributed by atoms with Crippen molar-refractivity contribution >= 4 is 58.2 Å². The van der Waals surface area contributed by atoms with E-state index >= 15 is 0 Å². The number of halogens is 3. The van der Waals surface area contributed by atoms with Crippen molar-refractivity contribution in [2.75, 3.05) is 13.7 Å². The highest BCUT2D eigenvalue weighted by Crippen LogP contribution is 2.38. The van der Waals surface area contributed by atoms with Crippen LogP contribution >= 0.6 is 46.1 Å². The van der Waals surface area contributed by atoms with E-state index < -0.39 is 12.0 Å². The molecule has 11 heteroatoms. The highest BCUT2D eigenvalue weighted by Gasteiger charge is 2.33. The van der Waals surface area contributed by atoms with Crippen LogP contribution in [-0.4, -0.2) is 24.3 Å². The minimum atomic E-state index is -0.681. The minimum Gasteiger partial charge on any atom is -0.490 e. The van der Waals surface area contributed by atoms with Gasteiger partial charge in [0.15, 0.2) is 16.3 Å². The smallest absolute Gasteiger partial charge is 0.338 e. The summed E-state index contributed by atoms with van der Waals surface area (Å²) in [7, 11) is 1.33. The number of nitrogens with zero attached hydrogens (tertiary/aromatic N) is 2. The number of hydrogen-bond acceptors (Lipinski definition) is 7. The SMILES string of the molecule is CCOc1cc(/C=c2\sc3n(c2=O)[C@@H](c2ccccc2)C(C(=O)OC)=C(CC)N=3)cc(Cl)c1OCc1ccc(Cl)cc1Cl. The predicted octanol–water partition coefficient (Wildman–Crippen LogP) is 6.74. The Balaban J connectivity index is 1.59. The average Bonchev–Trinajstić information content (AvgIpc) is 3.30. The summed E-state index contributed by atoms with van der Waals surface area (Å²) >= 11 is 20.2. The molecule has 0 N–H and O–H groups in total. The van der Waals surface area contributed by atoms with Gasteiger partial charge in [-0.2, -0.15) is 0 Å². The highest BCUT2D eigenvalue weighted by atomic mass is 35.5. The molecular weight excluding hydrogens is 631 g/mol. The lowest BCUT2D eigenvalue weighted by molar-refractivity contribution is -0.136. The maximum atomic E-state index is 13.9. The van der Waals surface area contributed by atoms with Crippen LogP contribution in [0.5, 0.6) is 11.5 Å². The second-order valence-electron chi connectivity index (χ2n) is 9.49. The third kappa shape index (κ3) is 6.38. The van der Waals surface area contributed by atoms with Gasteiger partial charge < -0.3 is 14.2 Å². The van der Waals surface area contributed by atoms with Crippen LogP contribution in [0.25, 0.3) is 6.08 Å². The number of carbonyl (C=O) groups is 1. The van der Waals surface area contributed by atoms with Crippen molar-refractivity contribution < 1.29 is 19.0 Å². The number of ether oxygens (including phenoxy) is 3. The van der Waals surface area contributed by atoms with Gasteiger partial charge in [0, 0.05) is 15.6 Å². The summed E-state index contributed by atoms with van der Waals surface area (Å²) < 4.78 is 19.0. The van der Waals surface area contributed by atoms with Crippen LogP contribution < -0.4 is 24.4 Å². The number of fused-ring (bicyclic) bond motifs is 1.